The van der Waals surface area contributed by atoms with Crippen LogP contribution in [-0.4, -0.2) is 63.7 Å². The van der Waals surface area contributed by atoms with Crippen molar-refractivity contribution in [3.63, 3.8) is 0 Å². The number of aliphatic hydroxyl groups is 1. The second kappa shape index (κ2) is 20.2. The molecule has 138 valence electrons. The number of carbonyl (C=O) groups excluding carboxylic acids is 1. The molecule has 0 amide bonds. The Bertz CT molecular complexity index is 305. The molecule has 0 heterocycles. The van der Waals surface area contributed by atoms with Gasteiger partial charge in [-0.15, -0.1) is 35.3 Å². The minimum absolute atomic E-state index is 0.149. The van der Waals surface area contributed by atoms with Crippen molar-refractivity contribution < 1.29 is 14.1 Å². The zero-order chi connectivity index (χ0) is 17.2. The molecule has 1 atom stereocenters. The van der Waals surface area contributed by atoms with Crippen molar-refractivity contribution in [2.24, 2.45) is 0 Å². The molecule has 0 aliphatic rings. The molecule has 0 saturated heterocycles. The van der Waals surface area contributed by atoms with Gasteiger partial charge in [-0.2, -0.15) is 23.5 Å². The summed E-state index contributed by atoms with van der Waals surface area (Å²) in [6.07, 6.45) is 1.68. The minimum Gasteiger partial charge on any atom is -0.386 e. The summed E-state index contributed by atoms with van der Waals surface area (Å²) in [5.74, 6) is 3.74. The second-order valence-corrected chi connectivity index (χ2v) is 13.6. The standard InChI is InChI=1S/C13H26O3S7/c1-2-23(16)7-3-5-17-9-20-10-18-6-4-13(15)22-12-21-11-19-8-14/h14H,2-12H2,1H3. The van der Waals surface area contributed by atoms with Gasteiger partial charge in [0.2, 0.25) is 0 Å². The van der Waals surface area contributed by atoms with E-state index in [0.29, 0.717) is 6.42 Å². The number of hydrogen-bond donors (Lipinski definition) is 1. The quantitative estimate of drug-likeness (QED) is 0.257. The Morgan fingerprint density at radius 3 is 2.30 bits per heavy atom. The zero-order valence-electron chi connectivity index (χ0n) is 13.4. The van der Waals surface area contributed by atoms with Crippen LogP contribution < -0.4 is 0 Å². The fourth-order valence-electron chi connectivity index (χ4n) is 1.20. The van der Waals surface area contributed by atoms with E-state index in [2.05, 4.69) is 0 Å². The molecule has 23 heavy (non-hydrogen) atoms. The van der Waals surface area contributed by atoms with Gasteiger partial charge in [-0.1, -0.05) is 18.7 Å². The SMILES string of the molecule is CCS(=O)CCCSCSCSCCC(=O)SCSCSCO. The first-order valence-electron chi connectivity index (χ1n) is 7.20. The van der Waals surface area contributed by atoms with E-state index >= 15 is 0 Å². The first kappa shape index (κ1) is 24.9. The lowest BCUT2D eigenvalue weighted by atomic mass is 10.5. The van der Waals surface area contributed by atoms with Crippen LogP contribution in [0, 0.1) is 0 Å². The van der Waals surface area contributed by atoms with Gasteiger partial charge < -0.3 is 5.11 Å². The lowest BCUT2D eigenvalue weighted by molar-refractivity contribution is -0.110. The summed E-state index contributed by atoms with van der Waals surface area (Å²) in [7, 11) is -0.620. The van der Waals surface area contributed by atoms with E-state index < -0.39 is 10.8 Å². The minimum atomic E-state index is -0.620. The van der Waals surface area contributed by atoms with Gasteiger partial charge in [0, 0.05) is 54.8 Å². The topological polar surface area (TPSA) is 54.4 Å². The molecule has 0 aliphatic heterocycles. The van der Waals surface area contributed by atoms with Gasteiger partial charge in [0.1, 0.15) is 0 Å². The molecular weight excluding hydrogens is 429 g/mol. The third-order valence-electron chi connectivity index (χ3n) is 2.33. The third-order valence-corrected chi connectivity index (χ3v) is 10.6. The maximum atomic E-state index is 11.6. The van der Waals surface area contributed by atoms with Gasteiger partial charge in [0.05, 0.1) is 5.94 Å². The fraction of sp³-hybridized carbons (Fsp3) is 0.923. The van der Waals surface area contributed by atoms with Gasteiger partial charge in [-0.05, 0) is 12.2 Å². The van der Waals surface area contributed by atoms with E-state index in [1.807, 2.05) is 42.2 Å². The Hall–Kier alpha value is 1.88. The van der Waals surface area contributed by atoms with Crippen molar-refractivity contribution >= 4 is 86.5 Å². The molecule has 1 N–H and O–H groups in total. The molecule has 0 bridgehead atoms. The van der Waals surface area contributed by atoms with E-state index in [1.165, 1.54) is 23.5 Å². The smallest absolute Gasteiger partial charge is 0.190 e. The van der Waals surface area contributed by atoms with Crippen molar-refractivity contribution in [1.82, 2.24) is 0 Å². The number of thioether (sulfide) groups is 6. The van der Waals surface area contributed by atoms with Crippen LogP contribution in [0.5, 0.6) is 0 Å². The molecule has 0 aromatic heterocycles. The highest BCUT2D eigenvalue weighted by atomic mass is 32.2. The maximum absolute atomic E-state index is 11.6. The van der Waals surface area contributed by atoms with Crippen molar-refractivity contribution in [2.45, 2.75) is 19.8 Å². The predicted octanol–water partition coefficient (Wildman–Crippen LogP) is 4.24. The Morgan fingerprint density at radius 1 is 0.957 bits per heavy atom. The van der Waals surface area contributed by atoms with Crippen LogP contribution in [0.4, 0.5) is 0 Å². The molecule has 0 aromatic carbocycles. The van der Waals surface area contributed by atoms with E-state index in [0.717, 1.165) is 49.8 Å². The van der Waals surface area contributed by atoms with Gasteiger partial charge in [0.15, 0.2) is 5.12 Å². The van der Waals surface area contributed by atoms with E-state index in [-0.39, 0.29) is 11.1 Å². The van der Waals surface area contributed by atoms with E-state index in [4.69, 9.17) is 5.11 Å². The van der Waals surface area contributed by atoms with Crippen molar-refractivity contribution in [2.75, 3.05) is 49.3 Å². The Labute approximate surface area is 168 Å². The summed E-state index contributed by atoms with van der Waals surface area (Å²) in [6, 6.07) is 0. The van der Waals surface area contributed by atoms with Crippen LogP contribution in [0.2, 0.25) is 0 Å². The summed E-state index contributed by atoms with van der Waals surface area (Å²) in [4.78, 5) is 11.6. The molecule has 10 heteroatoms. The molecule has 3 nitrogen and oxygen atoms in total. The van der Waals surface area contributed by atoms with Crippen LogP contribution in [0.3, 0.4) is 0 Å². The van der Waals surface area contributed by atoms with Gasteiger partial charge in [-0.25, -0.2) is 0 Å². The fourth-order valence-corrected chi connectivity index (χ4v) is 8.48. The van der Waals surface area contributed by atoms with E-state index in [1.54, 1.807) is 11.8 Å². The highest BCUT2D eigenvalue weighted by Gasteiger charge is 2.03. The Morgan fingerprint density at radius 2 is 1.61 bits per heavy atom. The van der Waals surface area contributed by atoms with Crippen molar-refractivity contribution in [3.05, 3.63) is 0 Å². The molecule has 0 aromatic rings. The number of rotatable bonds is 17. The molecule has 0 aliphatic carbocycles. The van der Waals surface area contributed by atoms with Gasteiger partial charge >= 0.3 is 0 Å². The maximum Gasteiger partial charge on any atom is 0.190 e. The first-order valence-corrected chi connectivity index (χ1v) is 15.5. The lowest BCUT2D eigenvalue weighted by Crippen LogP contribution is -2.00. The Balaban J connectivity index is 3.17. The number of hydrogen-bond acceptors (Lipinski definition) is 9. The summed E-state index contributed by atoms with van der Waals surface area (Å²) < 4.78 is 11.2. The summed E-state index contributed by atoms with van der Waals surface area (Å²) in [5, 5.41) is 12.6. The van der Waals surface area contributed by atoms with Crippen LogP contribution in [0.15, 0.2) is 0 Å². The van der Waals surface area contributed by atoms with Crippen LogP contribution in [0.1, 0.15) is 19.8 Å². The molecule has 0 radical (unpaired) electrons. The van der Waals surface area contributed by atoms with E-state index in [9.17, 15) is 9.00 Å². The lowest BCUT2D eigenvalue weighted by Gasteiger charge is -2.03. The highest BCUT2D eigenvalue weighted by molar-refractivity contribution is 8.27. The number of carbonyl (C=O) groups is 1. The van der Waals surface area contributed by atoms with Crippen LogP contribution >= 0.6 is 70.6 Å². The summed E-state index contributed by atoms with van der Waals surface area (Å²) >= 11 is 10.2. The van der Waals surface area contributed by atoms with Crippen molar-refractivity contribution in [1.29, 1.82) is 0 Å². The van der Waals surface area contributed by atoms with Gasteiger partial charge in [0.25, 0.3) is 0 Å². The normalized spacial score (nSPS) is 12.4. The largest absolute Gasteiger partial charge is 0.386 e. The molecular formula is C13H26O3S7. The molecule has 1 unspecified atom stereocenters. The molecule has 0 rings (SSSR count). The third kappa shape index (κ3) is 20.0. The molecule has 0 saturated carbocycles. The van der Waals surface area contributed by atoms with Crippen LogP contribution in [0.25, 0.3) is 0 Å². The Kier molecular flexibility index (Phi) is 21.8. The van der Waals surface area contributed by atoms with Crippen molar-refractivity contribution in [3.8, 4) is 0 Å². The first-order chi connectivity index (χ1) is 11.2. The highest BCUT2D eigenvalue weighted by Crippen LogP contribution is 2.21. The van der Waals surface area contributed by atoms with Gasteiger partial charge in [-0.3, -0.25) is 9.00 Å². The molecule has 0 fully saturated rings. The average molecular weight is 455 g/mol. The predicted molar refractivity (Wildman–Crippen MR) is 120 cm³/mol. The van der Waals surface area contributed by atoms with Crippen LogP contribution in [-0.2, 0) is 15.6 Å². The average Bonchev–Trinajstić information content (AvgIpc) is 2.56. The molecule has 0 spiro atoms. The summed E-state index contributed by atoms with van der Waals surface area (Å²) in [5.41, 5.74) is 0. The summed E-state index contributed by atoms with van der Waals surface area (Å²) in [6.45, 7) is 1.97. The monoisotopic (exact) mass is 454 g/mol. The second-order valence-electron chi connectivity index (χ2n) is 4.08. The number of aliphatic hydroxyl groups excluding tert-OH is 1. The zero-order valence-corrected chi connectivity index (χ0v) is 19.1.